The number of nitrogens with zero attached hydrogens (tertiary/aromatic N) is 1. The third kappa shape index (κ3) is 3.13. The molecule has 1 aromatic heterocycles. The van der Waals surface area contributed by atoms with Gasteiger partial charge in [-0.1, -0.05) is 6.07 Å². The summed E-state index contributed by atoms with van der Waals surface area (Å²) in [5.74, 6) is 1.52. The molecule has 4 heteroatoms. The van der Waals surface area contributed by atoms with Crippen LogP contribution < -0.4 is 15.2 Å². The smallest absolute Gasteiger partial charge is 0.130 e. The summed E-state index contributed by atoms with van der Waals surface area (Å²) in [6.07, 6.45) is 0. The molecule has 0 unspecified atom stereocenters. The fraction of sp³-hybridized carbons (Fsp3) is 0.214. The van der Waals surface area contributed by atoms with Gasteiger partial charge in [0.25, 0.3) is 0 Å². The Balaban J connectivity index is 2.08. The van der Waals surface area contributed by atoms with E-state index in [-0.39, 0.29) is 0 Å². The number of anilines is 1. The second-order valence-corrected chi connectivity index (χ2v) is 4.00. The van der Waals surface area contributed by atoms with E-state index in [1.807, 2.05) is 37.3 Å². The lowest BCUT2D eigenvalue weighted by molar-refractivity contribution is 0.300. The topological polar surface area (TPSA) is 57.4 Å². The van der Waals surface area contributed by atoms with Gasteiger partial charge in [-0.25, -0.2) is 0 Å². The zero-order valence-corrected chi connectivity index (χ0v) is 10.5. The first-order chi connectivity index (χ1) is 8.67. The van der Waals surface area contributed by atoms with Gasteiger partial charge in [-0.05, 0) is 19.1 Å². The van der Waals surface area contributed by atoms with Gasteiger partial charge < -0.3 is 15.2 Å². The highest BCUT2D eigenvalue weighted by atomic mass is 16.5. The minimum absolute atomic E-state index is 0.390. The van der Waals surface area contributed by atoms with Crippen molar-refractivity contribution in [2.24, 2.45) is 0 Å². The van der Waals surface area contributed by atoms with Gasteiger partial charge in [0, 0.05) is 29.6 Å². The standard InChI is InChI=1S/C14H16N2O2/c1-10-6-14(17-2)8-12(16-10)9-18-13-5-3-4-11(15)7-13/h3-8H,9,15H2,1-2H3. The van der Waals surface area contributed by atoms with Crippen LogP contribution in [0.2, 0.25) is 0 Å². The molecule has 0 fully saturated rings. The molecule has 2 aromatic rings. The fourth-order valence-corrected chi connectivity index (χ4v) is 1.66. The van der Waals surface area contributed by atoms with E-state index in [0.29, 0.717) is 12.3 Å². The number of methoxy groups -OCH3 is 1. The summed E-state index contributed by atoms with van der Waals surface area (Å²) >= 11 is 0. The van der Waals surface area contributed by atoms with Crippen LogP contribution in [0.5, 0.6) is 11.5 Å². The highest BCUT2D eigenvalue weighted by Gasteiger charge is 2.02. The first kappa shape index (κ1) is 12.2. The molecule has 2 rings (SSSR count). The van der Waals surface area contributed by atoms with Gasteiger partial charge in [0.15, 0.2) is 0 Å². The Morgan fingerprint density at radius 3 is 2.72 bits per heavy atom. The van der Waals surface area contributed by atoms with Crippen LogP contribution in [0.1, 0.15) is 11.4 Å². The predicted octanol–water partition coefficient (Wildman–Crippen LogP) is 2.56. The first-order valence-electron chi connectivity index (χ1n) is 5.67. The fourth-order valence-electron chi connectivity index (χ4n) is 1.66. The van der Waals surface area contributed by atoms with Gasteiger partial charge in [0.05, 0.1) is 12.8 Å². The second kappa shape index (κ2) is 5.40. The normalized spacial score (nSPS) is 10.1. The van der Waals surface area contributed by atoms with Crippen LogP contribution in [0.15, 0.2) is 36.4 Å². The van der Waals surface area contributed by atoms with Crippen molar-refractivity contribution < 1.29 is 9.47 Å². The van der Waals surface area contributed by atoms with Crippen molar-refractivity contribution in [3.63, 3.8) is 0 Å². The minimum atomic E-state index is 0.390. The predicted molar refractivity (Wildman–Crippen MR) is 70.7 cm³/mol. The monoisotopic (exact) mass is 244 g/mol. The number of aromatic nitrogens is 1. The van der Waals surface area contributed by atoms with Crippen LogP contribution in [-0.2, 0) is 6.61 Å². The number of nitrogen functional groups attached to an aromatic ring is 1. The lowest BCUT2D eigenvalue weighted by atomic mass is 10.3. The molecule has 18 heavy (non-hydrogen) atoms. The third-order valence-electron chi connectivity index (χ3n) is 2.46. The van der Waals surface area contributed by atoms with E-state index in [1.54, 1.807) is 13.2 Å². The zero-order chi connectivity index (χ0) is 13.0. The maximum Gasteiger partial charge on any atom is 0.130 e. The van der Waals surface area contributed by atoms with Crippen LogP contribution in [0.3, 0.4) is 0 Å². The molecule has 94 valence electrons. The van der Waals surface area contributed by atoms with Gasteiger partial charge in [-0.2, -0.15) is 0 Å². The van der Waals surface area contributed by atoms with Gasteiger partial charge in [0.2, 0.25) is 0 Å². The van der Waals surface area contributed by atoms with Crippen molar-refractivity contribution >= 4 is 5.69 Å². The molecule has 0 saturated heterocycles. The number of aryl methyl sites for hydroxylation is 1. The van der Waals surface area contributed by atoms with Crippen molar-refractivity contribution in [3.8, 4) is 11.5 Å². The molecule has 2 N–H and O–H groups in total. The summed E-state index contributed by atoms with van der Waals surface area (Å²) in [4.78, 5) is 4.38. The molecular formula is C14H16N2O2. The highest BCUT2D eigenvalue weighted by Crippen LogP contribution is 2.18. The summed E-state index contributed by atoms with van der Waals surface area (Å²) < 4.78 is 10.8. The van der Waals surface area contributed by atoms with E-state index >= 15 is 0 Å². The van der Waals surface area contributed by atoms with Crippen molar-refractivity contribution in [3.05, 3.63) is 47.8 Å². The number of nitrogens with two attached hydrogens (primary N) is 1. The van der Waals surface area contributed by atoms with Gasteiger partial charge >= 0.3 is 0 Å². The Kier molecular flexibility index (Phi) is 3.67. The molecule has 0 aliphatic heterocycles. The van der Waals surface area contributed by atoms with E-state index in [0.717, 1.165) is 22.9 Å². The number of rotatable bonds is 4. The molecular weight excluding hydrogens is 228 g/mol. The quantitative estimate of drug-likeness (QED) is 0.840. The number of ether oxygens (including phenoxy) is 2. The van der Waals surface area contributed by atoms with E-state index in [4.69, 9.17) is 15.2 Å². The van der Waals surface area contributed by atoms with Crippen LogP contribution in [-0.4, -0.2) is 12.1 Å². The van der Waals surface area contributed by atoms with E-state index in [2.05, 4.69) is 4.98 Å². The lowest BCUT2D eigenvalue weighted by Gasteiger charge is -2.08. The molecule has 1 aromatic carbocycles. The number of benzene rings is 1. The maximum atomic E-state index is 5.68. The summed E-state index contributed by atoms with van der Waals surface area (Å²) in [7, 11) is 1.64. The average Bonchev–Trinajstić information content (AvgIpc) is 2.36. The molecule has 4 nitrogen and oxygen atoms in total. The van der Waals surface area contributed by atoms with Crippen LogP contribution in [0.4, 0.5) is 5.69 Å². The number of pyridine rings is 1. The molecule has 0 radical (unpaired) electrons. The third-order valence-corrected chi connectivity index (χ3v) is 2.46. The molecule has 0 aliphatic carbocycles. The van der Waals surface area contributed by atoms with Crippen molar-refractivity contribution in [2.75, 3.05) is 12.8 Å². The Bertz CT molecular complexity index is 541. The highest BCUT2D eigenvalue weighted by molar-refractivity contribution is 5.43. The molecule has 0 spiro atoms. The zero-order valence-electron chi connectivity index (χ0n) is 10.5. The van der Waals surface area contributed by atoms with Crippen molar-refractivity contribution in [1.82, 2.24) is 4.98 Å². The molecule has 0 saturated carbocycles. The maximum absolute atomic E-state index is 5.68. The summed E-state index contributed by atoms with van der Waals surface area (Å²) in [6, 6.07) is 11.1. The summed E-state index contributed by atoms with van der Waals surface area (Å²) in [6.45, 7) is 2.31. The number of hydrogen-bond donors (Lipinski definition) is 1. The Hall–Kier alpha value is -2.23. The molecule has 0 atom stereocenters. The van der Waals surface area contributed by atoms with Crippen LogP contribution in [0, 0.1) is 6.92 Å². The van der Waals surface area contributed by atoms with E-state index in [1.165, 1.54) is 0 Å². The Labute approximate surface area is 106 Å². The van der Waals surface area contributed by atoms with Crippen molar-refractivity contribution in [2.45, 2.75) is 13.5 Å². The average molecular weight is 244 g/mol. The summed E-state index contributed by atoms with van der Waals surface area (Å²) in [5, 5.41) is 0. The SMILES string of the molecule is COc1cc(C)nc(COc2cccc(N)c2)c1. The van der Waals surface area contributed by atoms with E-state index in [9.17, 15) is 0 Å². The van der Waals surface area contributed by atoms with Crippen molar-refractivity contribution in [1.29, 1.82) is 0 Å². The lowest BCUT2D eigenvalue weighted by Crippen LogP contribution is -2.00. The van der Waals surface area contributed by atoms with Gasteiger partial charge in [0.1, 0.15) is 18.1 Å². The molecule has 0 bridgehead atoms. The van der Waals surface area contributed by atoms with E-state index < -0.39 is 0 Å². The van der Waals surface area contributed by atoms with Gasteiger partial charge in [-0.3, -0.25) is 4.98 Å². The molecule has 1 heterocycles. The molecule has 0 amide bonds. The molecule has 0 aliphatic rings. The minimum Gasteiger partial charge on any atom is -0.497 e. The largest absolute Gasteiger partial charge is 0.497 e. The Morgan fingerprint density at radius 2 is 2.00 bits per heavy atom. The Morgan fingerprint density at radius 1 is 1.17 bits per heavy atom. The van der Waals surface area contributed by atoms with Crippen LogP contribution >= 0.6 is 0 Å². The first-order valence-corrected chi connectivity index (χ1v) is 5.67. The number of hydrogen-bond acceptors (Lipinski definition) is 4. The second-order valence-electron chi connectivity index (χ2n) is 4.00. The summed E-state index contributed by atoms with van der Waals surface area (Å²) in [5.41, 5.74) is 8.10. The van der Waals surface area contributed by atoms with Crippen LogP contribution in [0.25, 0.3) is 0 Å². The van der Waals surface area contributed by atoms with Gasteiger partial charge in [-0.15, -0.1) is 0 Å².